The fourth-order valence-corrected chi connectivity index (χ4v) is 11.9. The van der Waals surface area contributed by atoms with Crippen molar-refractivity contribution in [2.24, 2.45) is 0 Å². The number of hydrogen-bond donors (Lipinski definition) is 0. The molecule has 0 amide bonds. The fourth-order valence-electron chi connectivity index (χ4n) is 1.28. The van der Waals surface area contributed by atoms with Gasteiger partial charge in [-0.05, 0) is 35.7 Å². The van der Waals surface area contributed by atoms with Gasteiger partial charge in [0.15, 0.2) is 0 Å². The molecule has 0 saturated heterocycles. The maximum absolute atomic E-state index is 2.78. The van der Waals surface area contributed by atoms with Crippen LogP contribution in [0.1, 0.15) is 26.7 Å². The molecule has 0 aliphatic carbocycles. The molecule has 0 saturated carbocycles. The third-order valence-corrected chi connectivity index (χ3v) is 10.6. The number of rotatable bonds is 6. The van der Waals surface area contributed by atoms with Crippen LogP contribution < -0.4 is 0 Å². The van der Waals surface area contributed by atoms with Gasteiger partial charge in [0.25, 0.3) is 0 Å². The molecule has 10 heavy (non-hydrogen) atoms. The molecule has 0 aliphatic rings. The van der Waals surface area contributed by atoms with E-state index < -0.39 is 0 Å². The second-order valence-electron chi connectivity index (χ2n) is 2.84. The van der Waals surface area contributed by atoms with Crippen molar-refractivity contribution in [3.63, 3.8) is 0 Å². The molecule has 62 valence electrons. The van der Waals surface area contributed by atoms with Crippen LogP contribution in [-0.2, 0) is 0 Å². The van der Waals surface area contributed by atoms with Crippen LogP contribution in [-0.4, -0.2) is 45.2 Å². The van der Waals surface area contributed by atoms with Crippen LogP contribution in [0.15, 0.2) is 0 Å². The van der Waals surface area contributed by atoms with Crippen LogP contribution in [0.25, 0.3) is 0 Å². The van der Waals surface area contributed by atoms with Crippen molar-refractivity contribution in [2.45, 2.75) is 26.7 Å². The molecule has 0 rings (SSSR count). The number of hydrogen-bond acceptors (Lipinski definition) is 1. The Hall–Kier alpha value is 0.611. The normalized spacial score (nSPS) is 13.5. The van der Waals surface area contributed by atoms with Crippen molar-refractivity contribution >= 4 is 27.5 Å². The smallest absolute Gasteiger partial charge is 0.0760 e. The molecule has 0 spiro atoms. The van der Waals surface area contributed by atoms with E-state index in [1.54, 1.807) is 9.76 Å². The van der Waals surface area contributed by atoms with Gasteiger partial charge in [-0.15, -0.1) is 0 Å². The molecule has 0 heterocycles. The molecule has 4 heteroatoms. The summed E-state index contributed by atoms with van der Waals surface area (Å²) in [6.07, 6.45) is 2.73. The molecule has 0 unspecified atom stereocenters. The van der Waals surface area contributed by atoms with E-state index in [9.17, 15) is 0 Å². The van der Waals surface area contributed by atoms with E-state index in [1.165, 1.54) is 25.9 Å². The Labute approximate surface area is 72.3 Å². The minimum absolute atomic E-state index is 0.348. The Kier molecular flexibility index (Phi) is 8.19. The largest absolute Gasteiger partial charge is 0.332 e. The quantitative estimate of drug-likeness (QED) is 0.465. The molecular weight excluding hydrogens is 170 g/mol. The summed E-state index contributed by atoms with van der Waals surface area (Å²) in [6, 6.07) is 0. The Morgan fingerprint density at radius 1 is 1.20 bits per heavy atom. The first kappa shape index (κ1) is 10.6. The topological polar surface area (TPSA) is 3.24 Å². The summed E-state index contributed by atoms with van der Waals surface area (Å²) < 4.78 is 2.78. The number of nitrogens with zero attached hydrogens (tertiary/aromatic N) is 1. The van der Waals surface area contributed by atoms with Crippen molar-refractivity contribution < 1.29 is 0 Å². The van der Waals surface area contributed by atoms with Gasteiger partial charge in [-0.3, -0.25) is 0 Å². The fraction of sp³-hybridized carbons (Fsp3) is 1.00. The van der Waals surface area contributed by atoms with E-state index in [2.05, 4.69) is 18.4 Å². The van der Waals surface area contributed by atoms with Gasteiger partial charge in [-0.1, -0.05) is 13.8 Å². The van der Waals surface area contributed by atoms with E-state index in [4.69, 9.17) is 0 Å². The third kappa shape index (κ3) is 5.40. The SMILES string of the molecule is CCCN(CCC)[SiH2][SiH2][SiH3]. The van der Waals surface area contributed by atoms with Crippen LogP contribution in [0.2, 0.25) is 0 Å². The van der Waals surface area contributed by atoms with Gasteiger partial charge in [0, 0.05) is 8.55 Å². The Bertz CT molecular complexity index is 55.7. The highest BCUT2D eigenvalue weighted by Crippen LogP contribution is 1.89. The molecule has 0 atom stereocenters. The summed E-state index contributed by atoms with van der Waals surface area (Å²) in [5.41, 5.74) is 0. The molecule has 0 aromatic heterocycles. The van der Waals surface area contributed by atoms with Gasteiger partial charge >= 0.3 is 0 Å². The molecule has 0 bridgehead atoms. The zero-order chi connectivity index (χ0) is 7.82. The van der Waals surface area contributed by atoms with E-state index >= 15 is 0 Å². The zero-order valence-electron chi connectivity index (χ0n) is 7.69. The molecule has 0 aliphatic heterocycles. The summed E-state index contributed by atoms with van der Waals surface area (Å²) >= 11 is 0. The monoisotopic (exact) mass is 191 g/mol. The molecule has 0 radical (unpaired) electrons. The minimum Gasteiger partial charge on any atom is -0.332 e. The van der Waals surface area contributed by atoms with Crippen LogP contribution in [0.3, 0.4) is 0 Å². The van der Waals surface area contributed by atoms with Crippen LogP contribution in [0.5, 0.6) is 0 Å². The second-order valence-corrected chi connectivity index (χ2v) is 18.5. The lowest BCUT2D eigenvalue weighted by molar-refractivity contribution is 0.447. The lowest BCUT2D eigenvalue weighted by Crippen LogP contribution is -2.33. The van der Waals surface area contributed by atoms with E-state index in [0.717, 1.165) is 0 Å². The molecule has 1 nitrogen and oxygen atoms in total. The first-order valence-corrected chi connectivity index (χ1v) is 14.9. The summed E-state index contributed by atoms with van der Waals surface area (Å²) in [5, 5.41) is 0. The minimum atomic E-state index is 0.348. The average Bonchev–Trinajstić information content (AvgIpc) is 1.90. The molecule has 0 N–H and O–H groups in total. The highest BCUT2D eigenvalue weighted by atomic mass is 29.5. The maximum atomic E-state index is 2.78. The van der Waals surface area contributed by atoms with E-state index in [-0.39, 0.29) is 0 Å². The van der Waals surface area contributed by atoms with Crippen molar-refractivity contribution in [1.29, 1.82) is 0 Å². The Morgan fingerprint density at radius 2 is 1.70 bits per heavy atom. The zero-order valence-corrected chi connectivity index (χ0v) is 12.5. The van der Waals surface area contributed by atoms with Gasteiger partial charge in [-0.25, -0.2) is 0 Å². The van der Waals surface area contributed by atoms with Crippen LogP contribution in [0, 0.1) is 0 Å². The average molecular weight is 191 g/mol. The van der Waals surface area contributed by atoms with Crippen molar-refractivity contribution in [2.75, 3.05) is 13.1 Å². The van der Waals surface area contributed by atoms with Crippen molar-refractivity contribution in [3.8, 4) is 0 Å². The highest BCUT2D eigenvalue weighted by molar-refractivity contribution is 7.22. The first-order valence-electron chi connectivity index (χ1n) is 4.57. The van der Waals surface area contributed by atoms with Gasteiger partial charge < -0.3 is 4.57 Å². The van der Waals surface area contributed by atoms with Crippen LogP contribution in [0.4, 0.5) is 0 Å². The summed E-state index contributed by atoms with van der Waals surface area (Å²) in [7, 11) is 2.44. The third-order valence-electron chi connectivity index (χ3n) is 1.62. The standard InChI is InChI=1S/C6H21NSi3/c1-3-5-7(6-4-2)9-10-8/h3-6,9-10H2,1-2,8H3. The predicted octanol–water partition coefficient (Wildman–Crippen LogP) is -1.44. The highest BCUT2D eigenvalue weighted by Gasteiger charge is 1.99. The summed E-state index contributed by atoms with van der Waals surface area (Å²) in [6.45, 7) is 7.39. The van der Waals surface area contributed by atoms with Crippen LogP contribution >= 0.6 is 0 Å². The summed E-state index contributed by atoms with van der Waals surface area (Å²) in [4.78, 5) is 0. The van der Waals surface area contributed by atoms with Gasteiger partial charge in [0.2, 0.25) is 0 Å². The molecule has 0 fully saturated rings. The first-order chi connectivity index (χ1) is 4.85. The Morgan fingerprint density at radius 3 is 2.00 bits per heavy atom. The van der Waals surface area contributed by atoms with Gasteiger partial charge in [-0.2, -0.15) is 0 Å². The Balaban J connectivity index is 3.30. The molecule has 0 aromatic carbocycles. The lowest BCUT2D eigenvalue weighted by Gasteiger charge is -2.19. The predicted molar refractivity (Wildman–Crippen MR) is 59.2 cm³/mol. The maximum Gasteiger partial charge on any atom is 0.0760 e. The van der Waals surface area contributed by atoms with E-state index in [1.807, 2.05) is 0 Å². The van der Waals surface area contributed by atoms with Gasteiger partial charge in [0.05, 0.1) is 9.20 Å². The van der Waals surface area contributed by atoms with Gasteiger partial charge in [0.1, 0.15) is 0 Å². The van der Waals surface area contributed by atoms with Crippen molar-refractivity contribution in [1.82, 2.24) is 4.57 Å². The lowest BCUT2D eigenvalue weighted by atomic mass is 10.4. The van der Waals surface area contributed by atoms with E-state index in [0.29, 0.717) is 17.8 Å². The molecule has 0 aromatic rings. The second kappa shape index (κ2) is 7.71. The molecular formula is C6H21NSi3. The summed E-state index contributed by atoms with van der Waals surface area (Å²) in [5.74, 6) is 0. The van der Waals surface area contributed by atoms with Crippen molar-refractivity contribution in [3.05, 3.63) is 0 Å².